The first kappa shape index (κ1) is 10.1. The zero-order valence-electron chi connectivity index (χ0n) is 8.95. The van der Waals surface area contributed by atoms with E-state index in [9.17, 15) is 0 Å². The molecule has 2 rings (SSSR count). The number of nitrogens with one attached hydrogen (secondary N) is 1. The lowest BCUT2D eigenvalue weighted by Gasteiger charge is -2.26. The van der Waals surface area contributed by atoms with E-state index >= 15 is 0 Å². The molecule has 82 valence electrons. The fourth-order valence-electron chi connectivity index (χ4n) is 1.55. The minimum atomic E-state index is 0.0645. The van der Waals surface area contributed by atoms with Crippen molar-refractivity contribution in [1.29, 1.82) is 0 Å². The van der Waals surface area contributed by atoms with Crippen LogP contribution in [0, 0.1) is 0 Å². The van der Waals surface area contributed by atoms with Gasteiger partial charge in [0.1, 0.15) is 18.5 Å². The molecule has 1 heterocycles. The van der Waals surface area contributed by atoms with Crippen molar-refractivity contribution in [3.8, 4) is 17.2 Å². The average molecular weight is 209 g/mol. The molecule has 4 nitrogen and oxygen atoms in total. The third-order valence-corrected chi connectivity index (χ3v) is 2.30. The third-order valence-electron chi connectivity index (χ3n) is 2.30. The van der Waals surface area contributed by atoms with Gasteiger partial charge in [-0.05, 0) is 19.2 Å². The lowest BCUT2D eigenvalue weighted by molar-refractivity contribution is 0.0915. The predicted molar refractivity (Wildman–Crippen MR) is 56.8 cm³/mol. The summed E-state index contributed by atoms with van der Waals surface area (Å²) in [7, 11) is 3.53. The molecule has 0 fully saturated rings. The summed E-state index contributed by atoms with van der Waals surface area (Å²) >= 11 is 0. The normalized spacial score (nSPS) is 18.7. The topological polar surface area (TPSA) is 39.7 Å². The third kappa shape index (κ3) is 2.15. The molecule has 0 saturated heterocycles. The molecule has 15 heavy (non-hydrogen) atoms. The summed E-state index contributed by atoms with van der Waals surface area (Å²) in [4.78, 5) is 0. The van der Waals surface area contributed by atoms with Crippen LogP contribution in [-0.2, 0) is 0 Å². The van der Waals surface area contributed by atoms with E-state index < -0.39 is 0 Å². The van der Waals surface area contributed by atoms with Gasteiger partial charge in [-0.2, -0.15) is 0 Å². The van der Waals surface area contributed by atoms with Gasteiger partial charge >= 0.3 is 0 Å². The van der Waals surface area contributed by atoms with E-state index in [4.69, 9.17) is 14.2 Å². The first-order valence-corrected chi connectivity index (χ1v) is 4.95. The smallest absolute Gasteiger partial charge is 0.165 e. The summed E-state index contributed by atoms with van der Waals surface area (Å²) in [6.07, 6.45) is 0.0645. The predicted octanol–water partition coefficient (Wildman–Crippen LogP) is 1.05. The number of hydrogen-bond donors (Lipinski definition) is 1. The van der Waals surface area contributed by atoms with Gasteiger partial charge in [-0.25, -0.2) is 0 Å². The summed E-state index contributed by atoms with van der Waals surface area (Å²) in [5, 5.41) is 3.06. The second kappa shape index (κ2) is 4.40. The molecule has 1 aromatic rings. The van der Waals surface area contributed by atoms with Gasteiger partial charge in [0.05, 0.1) is 7.11 Å². The van der Waals surface area contributed by atoms with Crippen molar-refractivity contribution in [3.63, 3.8) is 0 Å². The van der Waals surface area contributed by atoms with Crippen molar-refractivity contribution in [1.82, 2.24) is 5.32 Å². The molecule has 0 saturated carbocycles. The van der Waals surface area contributed by atoms with Crippen LogP contribution in [0.1, 0.15) is 0 Å². The molecule has 0 bridgehead atoms. The SMILES string of the molecule is CNCC1COc2ccc(OC)cc2O1. The highest BCUT2D eigenvalue weighted by Gasteiger charge is 2.20. The summed E-state index contributed by atoms with van der Waals surface area (Å²) < 4.78 is 16.4. The van der Waals surface area contributed by atoms with Crippen molar-refractivity contribution in [3.05, 3.63) is 18.2 Å². The van der Waals surface area contributed by atoms with Gasteiger partial charge in [-0.15, -0.1) is 0 Å². The van der Waals surface area contributed by atoms with Crippen LogP contribution in [0.15, 0.2) is 18.2 Å². The van der Waals surface area contributed by atoms with Gasteiger partial charge in [-0.3, -0.25) is 0 Å². The Hall–Kier alpha value is -1.42. The second-order valence-corrected chi connectivity index (χ2v) is 3.42. The lowest BCUT2D eigenvalue weighted by Crippen LogP contribution is -2.37. The van der Waals surface area contributed by atoms with Crippen molar-refractivity contribution >= 4 is 0 Å². The fourth-order valence-corrected chi connectivity index (χ4v) is 1.55. The molecule has 0 spiro atoms. The van der Waals surface area contributed by atoms with Crippen LogP contribution in [0.3, 0.4) is 0 Å². The maximum atomic E-state index is 5.75. The van der Waals surface area contributed by atoms with Crippen LogP contribution in [0.2, 0.25) is 0 Å². The molecule has 1 atom stereocenters. The number of rotatable bonds is 3. The van der Waals surface area contributed by atoms with Gasteiger partial charge in [0, 0.05) is 12.6 Å². The molecule has 1 N–H and O–H groups in total. The zero-order chi connectivity index (χ0) is 10.7. The number of fused-ring (bicyclic) bond motifs is 1. The summed E-state index contributed by atoms with van der Waals surface area (Å²) in [5.41, 5.74) is 0. The highest BCUT2D eigenvalue weighted by atomic mass is 16.6. The number of benzene rings is 1. The second-order valence-electron chi connectivity index (χ2n) is 3.42. The monoisotopic (exact) mass is 209 g/mol. The van der Waals surface area contributed by atoms with Gasteiger partial charge in [0.2, 0.25) is 0 Å². The minimum absolute atomic E-state index is 0.0645. The Morgan fingerprint density at radius 2 is 2.33 bits per heavy atom. The molecule has 0 aromatic heterocycles. The van der Waals surface area contributed by atoms with Gasteiger partial charge in [0.25, 0.3) is 0 Å². The van der Waals surface area contributed by atoms with E-state index in [2.05, 4.69) is 5.32 Å². The maximum Gasteiger partial charge on any atom is 0.165 e. The van der Waals surface area contributed by atoms with E-state index in [0.29, 0.717) is 6.61 Å². The zero-order valence-corrected chi connectivity index (χ0v) is 8.95. The van der Waals surface area contributed by atoms with Gasteiger partial charge in [-0.1, -0.05) is 0 Å². The van der Waals surface area contributed by atoms with Crippen LogP contribution >= 0.6 is 0 Å². The van der Waals surface area contributed by atoms with Crippen LogP contribution < -0.4 is 19.5 Å². The van der Waals surface area contributed by atoms with E-state index in [0.717, 1.165) is 23.8 Å². The minimum Gasteiger partial charge on any atom is -0.497 e. The largest absolute Gasteiger partial charge is 0.497 e. The van der Waals surface area contributed by atoms with Crippen LogP contribution in [0.5, 0.6) is 17.2 Å². The molecule has 0 aliphatic carbocycles. The molecule has 1 aliphatic heterocycles. The summed E-state index contributed by atoms with van der Waals surface area (Å²) in [5.74, 6) is 2.31. The van der Waals surface area contributed by atoms with Crippen molar-refractivity contribution in [2.24, 2.45) is 0 Å². The first-order valence-electron chi connectivity index (χ1n) is 4.95. The van der Waals surface area contributed by atoms with Crippen molar-refractivity contribution in [2.75, 3.05) is 27.3 Å². The Balaban J connectivity index is 2.16. The number of ether oxygens (including phenoxy) is 3. The van der Waals surface area contributed by atoms with Gasteiger partial charge < -0.3 is 19.5 Å². The Morgan fingerprint density at radius 3 is 3.07 bits per heavy atom. The standard InChI is InChI=1S/C11H15NO3/c1-12-6-9-7-14-10-4-3-8(13-2)5-11(10)15-9/h3-5,9,12H,6-7H2,1-2H3. The van der Waals surface area contributed by atoms with Crippen LogP contribution in [0.4, 0.5) is 0 Å². The van der Waals surface area contributed by atoms with Crippen molar-refractivity contribution < 1.29 is 14.2 Å². The van der Waals surface area contributed by atoms with E-state index in [-0.39, 0.29) is 6.10 Å². The fraction of sp³-hybridized carbons (Fsp3) is 0.455. The van der Waals surface area contributed by atoms with Crippen LogP contribution in [-0.4, -0.2) is 33.4 Å². The average Bonchev–Trinajstić information content (AvgIpc) is 2.28. The van der Waals surface area contributed by atoms with Crippen LogP contribution in [0.25, 0.3) is 0 Å². The highest BCUT2D eigenvalue weighted by Crippen LogP contribution is 2.34. The van der Waals surface area contributed by atoms with Gasteiger partial charge in [0.15, 0.2) is 11.5 Å². The van der Waals surface area contributed by atoms with Crippen molar-refractivity contribution in [2.45, 2.75) is 6.10 Å². The Labute approximate surface area is 89.1 Å². The molecule has 0 radical (unpaired) electrons. The Kier molecular flexibility index (Phi) is 2.97. The number of likely N-dealkylation sites (N-methyl/N-ethyl adjacent to an activating group) is 1. The Bertz CT molecular complexity index is 341. The Morgan fingerprint density at radius 1 is 1.47 bits per heavy atom. The molecular formula is C11H15NO3. The molecule has 1 unspecified atom stereocenters. The maximum absolute atomic E-state index is 5.75. The molecule has 1 aliphatic rings. The molecule has 0 amide bonds. The quantitative estimate of drug-likeness (QED) is 0.808. The van der Waals surface area contributed by atoms with E-state index in [1.807, 2.05) is 25.2 Å². The lowest BCUT2D eigenvalue weighted by atomic mass is 10.2. The van der Waals surface area contributed by atoms with E-state index in [1.54, 1.807) is 7.11 Å². The summed E-state index contributed by atoms with van der Waals surface area (Å²) in [6.45, 7) is 1.36. The van der Waals surface area contributed by atoms with E-state index in [1.165, 1.54) is 0 Å². The number of methoxy groups -OCH3 is 1. The number of hydrogen-bond acceptors (Lipinski definition) is 4. The molecule has 4 heteroatoms. The summed E-state index contributed by atoms with van der Waals surface area (Å²) in [6, 6.07) is 5.57. The molecule has 1 aromatic carbocycles. The first-order chi connectivity index (χ1) is 7.33. The highest BCUT2D eigenvalue weighted by molar-refractivity contribution is 5.46. The molecular weight excluding hydrogens is 194 g/mol.